The van der Waals surface area contributed by atoms with Gasteiger partial charge in [0.15, 0.2) is 5.78 Å². The van der Waals surface area contributed by atoms with Crippen molar-refractivity contribution in [1.29, 1.82) is 0 Å². The molecule has 0 N–H and O–H groups in total. The van der Waals surface area contributed by atoms with Gasteiger partial charge in [-0.05, 0) is 37.4 Å². The van der Waals surface area contributed by atoms with Crippen LogP contribution >= 0.6 is 0 Å². The van der Waals surface area contributed by atoms with E-state index in [1.165, 1.54) is 5.56 Å². The third kappa shape index (κ3) is 4.07. The minimum absolute atomic E-state index is 0.0707. The standard InChI is InChI=1S/C24H27N3O/c1-2-27-16-14-25-23(27)18-26-15-6-9-22(17-26)24(28)21-12-10-20(11-13-21)19-7-4-3-5-8-19/h3-5,7-8,10-14,16,22H,2,6,9,15,17-18H2,1H3/t22-/m1/s1. The maximum absolute atomic E-state index is 13.1. The van der Waals surface area contributed by atoms with Crippen molar-refractivity contribution in [2.75, 3.05) is 13.1 Å². The molecule has 1 saturated heterocycles. The third-order valence-electron chi connectivity index (χ3n) is 5.66. The summed E-state index contributed by atoms with van der Waals surface area (Å²) >= 11 is 0. The summed E-state index contributed by atoms with van der Waals surface area (Å²) < 4.78 is 2.17. The van der Waals surface area contributed by atoms with Crippen LogP contribution in [0.25, 0.3) is 11.1 Å². The molecule has 0 amide bonds. The minimum atomic E-state index is 0.0707. The molecule has 0 radical (unpaired) electrons. The van der Waals surface area contributed by atoms with Gasteiger partial charge in [-0.1, -0.05) is 54.6 Å². The summed E-state index contributed by atoms with van der Waals surface area (Å²) in [6.07, 6.45) is 5.92. The van der Waals surface area contributed by atoms with Crippen LogP contribution in [-0.2, 0) is 13.1 Å². The van der Waals surface area contributed by atoms with E-state index < -0.39 is 0 Å². The van der Waals surface area contributed by atoms with E-state index in [2.05, 4.69) is 45.6 Å². The summed E-state index contributed by atoms with van der Waals surface area (Å²) in [6, 6.07) is 18.3. The normalized spacial score (nSPS) is 17.5. The Morgan fingerprint density at radius 1 is 1.07 bits per heavy atom. The molecular weight excluding hydrogens is 346 g/mol. The quantitative estimate of drug-likeness (QED) is 0.590. The molecule has 0 aliphatic carbocycles. The second kappa shape index (κ2) is 8.53. The second-order valence-corrected chi connectivity index (χ2v) is 7.51. The van der Waals surface area contributed by atoms with Crippen molar-refractivity contribution in [2.24, 2.45) is 5.92 Å². The fourth-order valence-electron chi connectivity index (χ4n) is 4.09. The van der Waals surface area contributed by atoms with Crippen LogP contribution in [0.2, 0.25) is 0 Å². The molecule has 1 aromatic heterocycles. The van der Waals surface area contributed by atoms with Crippen molar-refractivity contribution in [1.82, 2.24) is 14.5 Å². The Morgan fingerprint density at radius 2 is 1.82 bits per heavy atom. The summed E-state index contributed by atoms with van der Waals surface area (Å²) in [5.74, 6) is 1.42. The number of benzene rings is 2. The Morgan fingerprint density at radius 3 is 2.57 bits per heavy atom. The highest BCUT2D eigenvalue weighted by molar-refractivity contribution is 5.98. The maximum atomic E-state index is 13.1. The zero-order valence-electron chi connectivity index (χ0n) is 16.4. The molecule has 3 aromatic rings. The monoisotopic (exact) mass is 373 g/mol. The van der Waals surface area contributed by atoms with Gasteiger partial charge in [0.2, 0.25) is 0 Å². The van der Waals surface area contributed by atoms with Crippen LogP contribution in [0, 0.1) is 5.92 Å². The molecule has 1 aliphatic rings. The minimum Gasteiger partial charge on any atom is -0.334 e. The lowest BCUT2D eigenvalue weighted by atomic mass is 9.89. The van der Waals surface area contributed by atoms with E-state index >= 15 is 0 Å². The average molecular weight is 374 g/mol. The molecular formula is C24H27N3O. The number of hydrogen-bond acceptors (Lipinski definition) is 3. The highest BCUT2D eigenvalue weighted by Gasteiger charge is 2.27. The van der Waals surface area contributed by atoms with Crippen molar-refractivity contribution in [3.63, 3.8) is 0 Å². The Bertz CT molecular complexity index is 915. The van der Waals surface area contributed by atoms with Gasteiger partial charge in [-0.15, -0.1) is 0 Å². The van der Waals surface area contributed by atoms with Gasteiger partial charge in [0, 0.05) is 37.0 Å². The molecule has 4 heteroatoms. The number of carbonyl (C=O) groups excluding carboxylic acids is 1. The van der Waals surface area contributed by atoms with Crippen molar-refractivity contribution in [3.8, 4) is 11.1 Å². The first-order valence-electron chi connectivity index (χ1n) is 10.2. The average Bonchev–Trinajstić information content (AvgIpc) is 3.21. The Hall–Kier alpha value is -2.72. The van der Waals surface area contributed by atoms with Crippen LogP contribution in [0.3, 0.4) is 0 Å². The molecule has 2 heterocycles. The van der Waals surface area contributed by atoms with Gasteiger partial charge < -0.3 is 4.57 Å². The molecule has 0 unspecified atom stereocenters. The molecule has 0 spiro atoms. The molecule has 0 saturated carbocycles. The van der Waals surface area contributed by atoms with Crippen LogP contribution in [0.15, 0.2) is 67.0 Å². The van der Waals surface area contributed by atoms with E-state index in [4.69, 9.17) is 0 Å². The van der Waals surface area contributed by atoms with Crippen LogP contribution in [-0.4, -0.2) is 33.3 Å². The Kier molecular flexibility index (Phi) is 5.68. The summed E-state index contributed by atoms with van der Waals surface area (Å²) in [5, 5.41) is 0. The lowest BCUT2D eigenvalue weighted by Gasteiger charge is -2.31. The Balaban J connectivity index is 1.42. The molecule has 4 nitrogen and oxygen atoms in total. The first-order valence-corrected chi connectivity index (χ1v) is 10.2. The molecule has 4 rings (SSSR count). The molecule has 2 aromatic carbocycles. The fraction of sp³-hybridized carbons (Fsp3) is 0.333. The molecule has 0 bridgehead atoms. The summed E-state index contributed by atoms with van der Waals surface area (Å²) in [5.41, 5.74) is 3.15. The van der Waals surface area contributed by atoms with Crippen molar-refractivity contribution < 1.29 is 4.79 Å². The van der Waals surface area contributed by atoms with Crippen molar-refractivity contribution >= 4 is 5.78 Å². The molecule has 1 atom stereocenters. The zero-order chi connectivity index (χ0) is 19.3. The first kappa shape index (κ1) is 18.6. The predicted octanol–water partition coefficient (Wildman–Crippen LogP) is 4.66. The third-order valence-corrected chi connectivity index (χ3v) is 5.66. The predicted molar refractivity (Wildman–Crippen MR) is 112 cm³/mol. The number of aromatic nitrogens is 2. The van der Waals surface area contributed by atoms with E-state index in [1.807, 2.05) is 42.7 Å². The number of piperidine rings is 1. The zero-order valence-corrected chi connectivity index (χ0v) is 16.4. The number of aryl methyl sites for hydroxylation is 1. The van der Waals surface area contributed by atoms with E-state index in [-0.39, 0.29) is 11.7 Å². The number of imidazole rings is 1. The van der Waals surface area contributed by atoms with E-state index in [9.17, 15) is 4.79 Å². The van der Waals surface area contributed by atoms with Gasteiger partial charge in [-0.2, -0.15) is 0 Å². The summed E-state index contributed by atoms with van der Waals surface area (Å²) in [6.45, 7) is 5.73. The molecule has 144 valence electrons. The number of likely N-dealkylation sites (tertiary alicyclic amines) is 1. The van der Waals surface area contributed by atoms with Crippen molar-refractivity contribution in [2.45, 2.75) is 32.9 Å². The van der Waals surface area contributed by atoms with Gasteiger partial charge in [0.25, 0.3) is 0 Å². The highest BCUT2D eigenvalue weighted by Crippen LogP contribution is 2.24. The summed E-state index contributed by atoms with van der Waals surface area (Å²) in [4.78, 5) is 19.9. The van der Waals surface area contributed by atoms with Crippen LogP contribution < -0.4 is 0 Å². The fourth-order valence-corrected chi connectivity index (χ4v) is 4.09. The number of rotatable bonds is 6. The first-order chi connectivity index (χ1) is 13.7. The van der Waals surface area contributed by atoms with Gasteiger partial charge in [0.1, 0.15) is 5.82 Å². The van der Waals surface area contributed by atoms with Gasteiger partial charge >= 0.3 is 0 Å². The van der Waals surface area contributed by atoms with E-state index in [0.717, 1.165) is 56.0 Å². The van der Waals surface area contributed by atoms with E-state index in [0.29, 0.717) is 0 Å². The number of carbonyl (C=O) groups is 1. The SMILES string of the molecule is CCn1ccnc1CN1CCC[C@@H](C(=O)c2ccc(-c3ccccc3)cc2)C1. The molecule has 1 aliphatic heterocycles. The number of hydrogen-bond donors (Lipinski definition) is 0. The smallest absolute Gasteiger partial charge is 0.167 e. The lowest BCUT2D eigenvalue weighted by Crippen LogP contribution is -2.38. The van der Waals surface area contributed by atoms with Gasteiger partial charge in [0.05, 0.1) is 6.54 Å². The van der Waals surface area contributed by atoms with Gasteiger partial charge in [-0.3, -0.25) is 9.69 Å². The summed E-state index contributed by atoms with van der Waals surface area (Å²) in [7, 11) is 0. The van der Waals surface area contributed by atoms with Crippen LogP contribution in [0.1, 0.15) is 35.9 Å². The second-order valence-electron chi connectivity index (χ2n) is 7.51. The lowest BCUT2D eigenvalue weighted by molar-refractivity contribution is 0.0807. The number of Topliss-reactive ketones (excluding diaryl/α,β-unsaturated/α-hetero) is 1. The van der Waals surface area contributed by atoms with E-state index in [1.54, 1.807) is 0 Å². The van der Waals surface area contributed by atoms with Crippen LogP contribution in [0.4, 0.5) is 0 Å². The number of ketones is 1. The Labute approximate surface area is 166 Å². The topological polar surface area (TPSA) is 38.1 Å². The van der Waals surface area contributed by atoms with Crippen LogP contribution in [0.5, 0.6) is 0 Å². The number of nitrogens with zero attached hydrogens (tertiary/aromatic N) is 3. The van der Waals surface area contributed by atoms with Gasteiger partial charge in [-0.25, -0.2) is 4.98 Å². The highest BCUT2D eigenvalue weighted by atomic mass is 16.1. The molecule has 1 fully saturated rings. The maximum Gasteiger partial charge on any atom is 0.167 e. The largest absolute Gasteiger partial charge is 0.334 e. The molecule has 28 heavy (non-hydrogen) atoms. The van der Waals surface area contributed by atoms with Crippen molar-refractivity contribution in [3.05, 3.63) is 78.4 Å².